The van der Waals surface area contributed by atoms with Crippen LogP contribution in [0.15, 0.2) is 18.3 Å². The molecule has 3 rings (SSSR count). The molecule has 0 N–H and O–H groups in total. The van der Waals surface area contributed by atoms with E-state index >= 15 is 0 Å². The first-order chi connectivity index (χ1) is 9.22. The Kier molecular flexibility index (Phi) is 3.48. The fraction of sp³-hybridized carbons (Fsp3) is 0.600. The Hall–Kier alpha value is -1.09. The van der Waals surface area contributed by atoms with Crippen LogP contribution in [0, 0.1) is 11.8 Å². The molecule has 0 radical (unpaired) electrons. The molecule has 0 aliphatic heterocycles. The van der Waals surface area contributed by atoms with Crippen molar-refractivity contribution in [2.45, 2.75) is 45.0 Å². The average molecular weight is 278 g/mol. The highest BCUT2D eigenvalue weighted by molar-refractivity contribution is 6.16. The number of rotatable bonds is 2. The molecule has 4 heteroatoms. The molecule has 102 valence electrons. The molecule has 0 aromatic carbocycles. The predicted octanol–water partition coefficient (Wildman–Crippen LogP) is 4.17. The number of aromatic nitrogens is 3. The van der Waals surface area contributed by atoms with E-state index in [4.69, 9.17) is 11.6 Å². The normalized spacial score (nSPS) is 27.8. The smallest absolute Gasteiger partial charge is 0.160 e. The van der Waals surface area contributed by atoms with Crippen LogP contribution in [0.1, 0.15) is 45.0 Å². The third kappa shape index (κ3) is 2.14. The lowest BCUT2D eigenvalue weighted by Gasteiger charge is -2.35. The summed E-state index contributed by atoms with van der Waals surface area (Å²) in [5.41, 5.74) is 1.95. The van der Waals surface area contributed by atoms with Crippen molar-refractivity contribution in [1.82, 2.24) is 14.5 Å². The fourth-order valence-electron chi connectivity index (χ4n) is 3.34. The van der Waals surface area contributed by atoms with Crippen LogP contribution < -0.4 is 0 Å². The Morgan fingerprint density at radius 3 is 3.00 bits per heavy atom. The number of imidazole rings is 1. The van der Waals surface area contributed by atoms with Crippen molar-refractivity contribution in [2.24, 2.45) is 11.8 Å². The molecule has 0 bridgehead atoms. The maximum absolute atomic E-state index is 6.10. The third-order valence-corrected chi connectivity index (χ3v) is 4.88. The van der Waals surface area contributed by atoms with Gasteiger partial charge in [-0.2, -0.15) is 0 Å². The highest BCUT2D eigenvalue weighted by Crippen LogP contribution is 2.39. The molecule has 19 heavy (non-hydrogen) atoms. The Balaban J connectivity index is 2.12. The Bertz CT molecular complexity index is 578. The molecule has 3 nitrogen and oxygen atoms in total. The van der Waals surface area contributed by atoms with E-state index in [2.05, 4.69) is 28.4 Å². The van der Waals surface area contributed by atoms with Gasteiger partial charge in [0.25, 0.3) is 0 Å². The summed E-state index contributed by atoms with van der Waals surface area (Å²) in [5.74, 6) is 2.81. The van der Waals surface area contributed by atoms with Gasteiger partial charge in [-0.1, -0.05) is 26.7 Å². The standard InChI is InChI=1S/C15H20ClN3/c1-10-5-3-7-13(11(10)2)19-14(9-16)18-12-6-4-8-17-15(12)19/h4,6,8,10-11,13H,3,5,7,9H2,1-2H3. The summed E-state index contributed by atoms with van der Waals surface area (Å²) in [5, 5.41) is 0. The van der Waals surface area contributed by atoms with E-state index in [1.807, 2.05) is 18.3 Å². The van der Waals surface area contributed by atoms with Gasteiger partial charge in [0, 0.05) is 12.2 Å². The minimum Gasteiger partial charge on any atom is -0.308 e. The quantitative estimate of drug-likeness (QED) is 0.772. The zero-order chi connectivity index (χ0) is 13.4. The molecule has 1 aliphatic carbocycles. The van der Waals surface area contributed by atoms with Crippen molar-refractivity contribution in [3.8, 4) is 0 Å². The van der Waals surface area contributed by atoms with Crippen molar-refractivity contribution >= 4 is 22.8 Å². The number of alkyl halides is 1. The first kappa shape index (κ1) is 12.9. The molecule has 1 fully saturated rings. The average Bonchev–Trinajstić information content (AvgIpc) is 2.80. The topological polar surface area (TPSA) is 30.7 Å². The number of hydrogen-bond donors (Lipinski definition) is 0. The summed E-state index contributed by atoms with van der Waals surface area (Å²) in [6, 6.07) is 4.44. The summed E-state index contributed by atoms with van der Waals surface area (Å²) in [6.45, 7) is 4.70. The first-order valence-electron chi connectivity index (χ1n) is 7.10. The third-order valence-electron chi connectivity index (χ3n) is 4.64. The second-order valence-corrected chi connectivity index (χ2v) is 5.98. The fourth-order valence-corrected chi connectivity index (χ4v) is 3.53. The van der Waals surface area contributed by atoms with E-state index < -0.39 is 0 Å². The van der Waals surface area contributed by atoms with E-state index in [-0.39, 0.29) is 0 Å². The van der Waals surface area contributed by atoms with Crippen LogP contribution >= 0.6 is 11.6 Å². The maximum atomic E-state index is 6.10. The number of halogens is 1. The summed E-state index contributed by atoms with van der Waals surface area (Å²) in [6.07, 6.45) is 5.66. The van der Waals surface area contributed by atoms with Crippen molar-refractivity contribution in [3.63, 3.8) is 0 Å². The molecule has 2 aromatic heterocycles. The van der Waals surface area contributed by atoms with Crippen LogP contribution in [0.5, 0.6) is 0 Å². The number of fused-ring (bicyclic) bond motifs is 1. The molecule has 2 heterocycles. The Morgan fingerprint density at radius 2 is 2.21 bits per heavy atom. The van der Waals surface area contributed by atoms with Gasteiger partial charge in [-0.3, -0.25) is 0 Å². The molecule has 0 spiro atoms. The second-order valence-electron chi connectivity index (χ2n) is 5.71. The predicted molar refractivity (Wildman–Crippen MR) is 78.3 cm³/mol. The van der Waals surface area contributed by atoms with Crippen LogP contribution in [0.2, 0.25) is 0 Å². The van der Waals surface area contributed by atoms with Crippen molar-refractivity contribution < 1.29 is 0 Å². The maximum Gasteiger partial charge on any atom is 0.160 e. The minimum absolute atomic E-state index is 0.452. The zero-order valence-corrected chi connectivity index (χ0v) is 12.3. The number of nitrogens with zero attached hydrogens (tertiary/aromatic N) is 3. The largest absolute Gasteiger partial charge is 0.308 e. The SMILES string of the molecule is CC1CCCC(n2c(CCl)nc3cccnc32)C1C. The van der Waals surface area contributed by atoms with E-state index in [9.17, 15) is 0 Å². The van der Waals surface area contributed by atoms with E-state index in [0.29, 0.717) is 17.8 Å². The molecule has 1 aliphatic rings. The van der Waals surface area contributed by atoms with Crippen LogP contribution in [0.4, 0.5) is 0 Å². The molecule has 3 atom stereocenters. The van der Waals surface area contributed by atoms with E-state index in [0.717, 1.165) is 22.9 Å². The van der Waals surface area contributed by atoms with Crippen molar-refractivity contribution in [1.29, 1.82) is 0 Å². The monoisotopic (exact) mass is 277 g/mol. The summed E-state index contributed by atoms with van der Waals surface area (Å²) in [4.78, 5) is 9.16. The number of hydrogen-bond acceptors (Lipinski definition) is 2. The molecule has 2 aromatic rings. The second kappa shape index (κ2) is 5.12. The molecule has 1 saturated carbocycles. The van der Waals surface area contributed by atoms with E-state index in [1.54, 1.807) is 0 Å². The highest BCUT2D eigenvalue weighted by Gasteiger charge is 2.31. The van der Waals surface area contributed by atoms with Gasteiger partial charge < -0.3 is 4.57 Å². The molecule has 0 saturated heterocycles. The van der Waals surface area contributed by atoms with Crippen LogP contribution in [0.3, 0.4) is 0 Å². The summed E-state index contributed by atoms with van der Waals surface area (Å²) in [7, 11) is 0. The van der Waals surface area contributed by atoms with Crippen LogP contribution in [0.25, 0.3) is 11.2 Å². The minimum atomic E-state index is 0.452. The number of pyridine rings is 1. The summed E-state index contributed by atoms with van der Waals surface area (Å²) >= 11 is 6.10. The van der Waals surface area contributed by atoms with Gasteiger partial charge in [0.2, 0.25) is 0 Å². The van der Waals surface area contributed by atoms with Gasteiger partial charge in [0.15, 0.2) is 5.65 Å². The zero-order valence-electron chi connectivity index (χ0n) is 11.5. The Morgan fingerprint density at radius 1 is 1.37 bits per heavy atom. The van der Waals surface area contributed by atoms with Crippen molar-refractivity contribution in [3.05, 3.63) is 24.2 Å². The van der Waals surface area contributed by atoms with Crippen LogP contribution in [-0.2, 0) is 5.88 Å². The van der Waals surface area contributed by atoms with Gasteiger partial charge in [0.05, 0.1) is 5.88 Å². The van der Waals surface area contributed by atoms with Gasteiger partial charge in [-0.05, 0) is 30.4 Å². The van der Waals surface area contributed by atoms with Gasteiger partial charge in [0.1, 0.15) is 11.3 Å². The van der Waals surface area contributed by atoms with E-state index in [1.165, 1.54) is 19.3 Å². The van der Waals surface area contributed by atoms with Crippen molar-refractivity contribution in [2.75, 3.05) is 0 Å². The molecule has 0 amide bonds. The van der Waals surface area contributed by atoms with Gasteiger partial charge >= 0.3 is 0 Å². The Labute approximate surface area is 119 Å². The lowest BCUT2D eigenvalue weighted by molar-refractivity contribution is 0.187. The summed E-state index contributed by atoms with van der Waals surface area (Å²) < 4.78 is 2.29. The first-order valence-corrected chi connectivity index (χ1v) is 7.63. The van der Waals surface area contributed by atoms with Gasteiger partial charge in [-0.25, -0.2) is 9.97 Å². The lowest BCUT2D eigenvalue weighted by atomic mass is 9.78. The molecule has 3 unspecified atom stereocenters. The molecular formula is C15H20ClN3. The van der Waals surface area contributed by atoms with Crippen LogP contribution in [-0.4, -0.2) is 14.5 Å². The lowest BCUT2D eigenvalue weighted by Crippen LogP contribution is -2.28. The molecular weight excluding hydrogens is 258 g/mol. The highest BCUT2D eigenvalue weighted by atomic mass is 35.5. The van der Waals surface area contributed by atoms with Gasteiger partial charge in [-0.15, -0.1) is 11.6 Å².